The topological polar surface area (TPSA) is 140 Å². The molecular formula is C11H17N5O4. The number of rotatable bonds is 6. The van der Waals surface area contributed by atoms with Gasteiger partial charge in [0.05, 0.1) is 25.6 Å². The molecule has 5 N–H and O–H groups in total. The second-order valence-corrected chi connectivity index (χ2v) is 4.34. The van der Waals surface area contributed by atoms with E-state index >= 15 is 0 Å². The summed E-state index contributed by atoms with van der Waals surface area (Å²) in [4.78, 5) is 12.0. The number of nitrogens with zero attached hydrogens (tertiary/aromatic N) is 4. The fraction of sp³-hybridized carbons (Fsp3) is 0.545. The van der Waals surface area contributed by atoms with E-state index in [1.165, 1.54) is 24.1 Å². The Morgan fingerprint density at radius 3 is 2.60 bits per heavy atom. The predicted molar refractivity (Wildman–Crippen MR) is 69.5 cm³/mol. The maximum Gasteiger partial charge on any atom is 0.167 e. The Hall–Kier alpha value is -1.81. The van der Waals surface area contributed by atoms with E-state index in [1.807, 2.05) is 0 Å². The molecule has 0 aromatic carbocycles. The van der Waals surface area contributed by atoms with Gasteiger partial charge in [0.1, 0.15) is 17.9 Å². The molecule has 20 heavy (non-hydrogen) atoms. The minimum atomic E-state index is -0.913. The van der Waals surface area contributed by atoms with Gasteiger partial charge in [-0.15, -0.1) is 0 Å². The third-order valence-electron chi connectivity index (χ3n) is 2.81. The Kier molecular flexibility index (Phi) is 4.45. The summed E-state index contributed by atoms with van der Waals surface area (Å²) in [6.45, 7) is 0.778. The van der Waals surface area contributed by atoms with Gasteiger partial charge >= 0.3 is 0 Å². The molecule has 110 valence electrons. The summed E-state index contributed by atoms with van der Waals surface area (Å²) in [6.07, 6.45) is 0.109. The highest BCUT2D eigenvalue weighted by molar-refractivity contribution is 5.81. The molecule has 2 heterocycles. The lowest BCUT2D eigenvalue weighted by atomic mass is 10.3. The summed E-state index contributed by atoms with van der Waals surface area (Å²) in [5, 5.41) is 28.0. The predicted octanol–water partition coefficient (Wildman–Crippen LogP) is -1.34. The van der Waals surface area contributed by atoms with Crippen LogP contribution in [0.4, 0.5) is 5.82 Å². The van der Waals surface area contributed by atoms with E-state index in [2.05, 4.69) is 15.0 Å². The zero-order valence-electron chi connectivity index (χ0n) is 10.9. The number of nitrogen functional groups attached to an aromatic ring is 1. The monoisotopic (exact) mass is 283 g/mol. The van der Waals surface area contributed by atoms with Gasteiger partial charge in [-0.3, -0.25) is 4.57 Å². The zero-order chi connectivity index (χ0) is 14.7. The minimum absolute atomic E-state index is 0.221. The Balaban J connectivity index is 2.39. The van der Waals surface area contributed by atoms with Crippen molar-refractivity contribution in [3.63, 3.8) is 0 Å². The number of imidazole rings is 1. The van der Waals surface area contributed by atoms with E-state index in [1.54, 1.807) is 0 Å². The van der Waals surface area contributed by atoms with Crippen LogP contribution in [-0.4, -0.2) is 60.3 Å². The van der Waals surface area contributed by atoms with Gasteiger partial charge < -0.3 is 25.8 Å². The molecule has 9 heteroatoms. The average molecular weight is 283 g/mol. The van der Waals surface area contributed by atoms with Crippen molar-refractivity contribution in [2.24, 2.45) is 0 Å². The molecule has 0 unspecified atom stereocenters. The Morgan fingerprint density at radius 1 is 1.30 bits per heavy atom. The van der Waals surface area contributed by atoms with E-state index in [9.17, 15) is 5.11 Å². The molecule has 2 aromatic heterocycles. The lowest BCUT2D eigenvalue weighted by molar-refractivity contribution is -0.134. The van der Waals surface area contributed by atoms with Gasteiger partial charge in [0.25, 0.3) is 0 Å². The highest BCUT2D eigenvalue weighted by Crippen LogP contribution is 2.23. The van der Waals surface area contributed by atoms with E-state index in [4.69, 9.17) is 20.7 Å². The van der Waals surface area contributed by atoms with Gasteiger partial charge in [-0.2, -0.15) is 0 Å². The number of anilines is 1. The largest absolute Gasteiger partial charge is 0.394 e. The molecule has 0 amide bonds. The van der Waals surface area contributed by atoms with Gasteiger partial charge in [-0.25, -0.2) is 15.0 Å². The van der Waals surface area contributed by atoms with E-state index in [0.717, 1.165) is 0 Å². The molecule has 2 aromatic rings. The fourth-order valence-electron chi connectivity index (χ4n) is 1.81. The van der Waals surface area contributed by atoms with Crippen molar-refractivity contribution < 1.29 is 20.1 Å². The first-order valence-corrected chi connectivity index (χ1v) is 6.06. The Bertz CT molecular complexity index is 569. The van der Waals surface area contributed by atoms with Crippen molar-refractivity contribution in [3.05, 3.63) is 12.7 Å². The van der Waals surface area contributed by atoms with E-state index in [-0.39, 0.29) is 19.0 Å². The summed E-state index contributed by atoms with van der Waals surface area (Å²) >= 11 is 0. The second kappa shape index (κ2) is 6.09. The first-order chi connectivity index (χ1) is 9.58. The van der Waals surface area contributed by atoms with Crippen LogP contribution < -0.4 is 5.73 Å². The molecule has 0 aliphatic heterocycles. The van der Waals surface area contributed by atoms with Crippen LogP contribution in [0.5, 0.6) is 0 Å². The number of fused-ring (bicyclic) bond motifs is 1. The van der Waals surface area contributed by atoms with Crippen LogP contribution in [0.3, 0.4) is 0 Å². The third kappa shape index (κ3) is 2.70. The molecule has 2 rings (SSSR count). The summed E-state index contributed by atoms with van der Waals surface area (Å²) in [5.41, 5.74) is 6.48. The third-order valence-corrected chi connectivity index (χ3v) is 2.81. The molecule has 0 radical (unpaired) electrons. The van der Waals surface area contributed by atoms with Gasteiger partial charge in [0, 0.05) is 0 Å². The van der Waals surface area contributed by atoms with Crippen LogP contribution in [0.1, 0.15) is 13.2 Å². The van der Waals surface area contributed by atoms with E-state index < -0.39 is 18.4 Å². The maximum atomic E-state index is 9.84. The number of hydrogen-bond donors (Lipinski definition) is 4. The van der Waals surface area contributed by atoms with E-state index in [0.29, 0.717) is 11.2 Å². The molecule has 0 aliphatic rings. The standard InChI is InChI=1S/C11H17N5O4/c1-6(19)11(20-7(2-17)3-18)16-5-15-8-9(12)13-4-14-10(8)16/h4-7,11,17-19H,2-3H2,1H3,(H2,12,13,14)/t6-,11+/m0/s1. The summed E-state index contributed by atoms with van der Waals surface area (Å²) in [7, 11) is 0. The van der Waals surface area contributed by atoms with Crippen molar-refractivity contribution in [2.75, 3.05) is 18.9 Å². The van der Waals surface area contributed by atoms with Gasteiger partial charge in [0.2, 0.25) is 0 Å². The van der Waals surface area contributed by atoms with Crippen LogP contribution in [0.2, 0.25) is 0 Å². The highest BCUT2D eigenvalue weighted by Gasteiger charge is 2.24. The molecule has 0 fully saturated rings. The van der Waals surface area contributed by atoms with Gasteiger partial charge in [-0.1, -0.05) is 0 Å². The highest BCUT2D eigenvalue weighted by atomic mass is 16.5. The lowest BCUT2D eigenvalue weighted by Gasteiger charge is -2.25. The molecule has 0 saturated heterocycles. The zero-order valence-corrected chi connectivity index (χ0v) is 10.9. The van der Waals surface area contributed by atoms with Crippen LogP contribution in [0.25, 0.3) is 11.2 Å². The maximum absolute atomic E-state index is 9.84. The van der Waals surface area contributed by atoms with Gasteiger partial charge in [-0.05, 0) is 6.92 Å². The fourth-order valence-corrected chi connectivity index (χ4v) is 1.81. The van der Waals surface area contributed by atoms with Crippen molar-refractivity contribution >= 4 is 17.0 Å². The molecule has 0 bridgehead atoms. The number of aromatic nitrogens is 4. The summed E-state index contributed by atoms with van der Waals surface area (Å²) in [6, 6.07) is 0. The van der Waals surface area contributed by atoms with Crippen LogP contribution in [0.15, 0.2) is 12.7 Å². The summed E-state index contributed by atoms with van der Waals surface area (Å²) in [5.74, 6) is 0.221. The number of hydrogen-bond acceptors (Lipinski definition) is 8. The van der Waals surface area contributed by atoms with Crippen molar-refractivity contribution in [1.29, 1.82) is 0 Å². The smallest absolute Gasteiger partial charge is 0.167 e. The molecule has 0 saturated carbocycles. The first kappa shape index (κ1) is 14.6. The number of aliphatic hydroxyl groups is 3. The normalized spacial score (nSPS) is 14.8. The quantitative estimate of drug-likeness (QED) is 0.510. The van der Waals surface area contributed by atoms with Gasteiger partial charge in [0.15, 0.2) is 17.7 Å². The molecule has 9 nitrogen and oxygen atoms in total. The van der Waals surface area contributed by atoms with Crippen molar-refractivity contribution in [3.8, 4) is 0 Å². The van der Waals surface area contributed by atoms with Crippen molar-refractivity contribution in [1.82, 2.24) is 19.5 Å². The second-order valence-electron chi connectivity index (χ2n) is 4.34. The average Bonchev–Trinajstić information content (AvgIpc) is 2.85. The molecule has 0 spiro atoms. The number of nitrogens with two attached hydrogens (primary N) is 1. The Morgan fingerprint density at radius 2 is 2.00 bits per heavy atom. The van der Waals surface area contributed by atoms with Crippen molar-refractivity contribution in [2.45, 2.75) is 25.4 Å². The SMILES string of the molecule is C[C@H](O)[C@@H](OC(CO)CO)n1cnc2c(N)ncnc21. The molecule has 2 atom stereocenters. The molecule has 0 aliphatic carbocycles. The van der Waals surface area contributed by atoms with Crippen LogP contribution in [-0.2, 0) is 4.74 Å². The van der Waals surface area contributed by atoms with Crippen LogP contribution >= 0.6 is 0 Å². The summed E-state index contributed by atoms with van der Waals surface area (Å²) < 4.78 is 6.96. The lowest BCUT2D eigenvalue weighted by Crippen LogP contribution is -2.32. The van der Waals surface area contributed by atoms with Crippen LogP contribution in [0, 0.1) is 0 Å². The first-order valence-electron chi connectivity index (χ1n) is 6.06. The molecular weight excluding hydrogens is 266 g/mol. The Labute approximate surface area is 114 Å². The number of ether oxygens (including phenoxy) is 1. The minimum Gasteiger partial charge on any atom is -0.394 e. The number of aliphatic hydroxyl groups excluding tert-OH is 3.